The van der Waals surface area contributed by atoms with Gasteiger partial charge in [-0.25, -0.2) is 9.59 Å². The van der Waals surface area contributed by atoms with Gasteiger partial charge in [0.25, 0.3) is 0 Å². The van der Waals surface area contributed by atoms with Gasteiger partial charge in [-0.15, -0.1) is 0 Å². The Morgan fingerprint density at radius 1 is 1.54 bits per heavy atom. The molecule has 1 unspecified atom stereocenters. The minimum atomic E-state index is -1.09. The number of hydrogen-bond donors (Lipinski definition) is 1. The van der Waals surface area contributed by atoms with Crippen molar-refractivity contribution in [3.05, 3.63) is 12.2 Å². The predicted molar refractivity (Wildman–Crippen MR) is 48.8 cm³/mol. The molecule has 0 saturated heterocycles. The van der Waals surface area contributed by atoms with E-state index in [0.717, 1.165) is 0 Å². The van der Waals surface area contributed by atoms with Gasteiger partial charge >= 0.3 is 11.9 Å². The zero-order chi connectivity index (χ0) is 10.5. The first-order valence-corrected chi connectivity index (χ1v) is 4.12. The average Bonchev–Trinajstić information content (AvgIpc) is 2.04. The van der Waals surface area contributed by atoms with Crippen LogP contribution < -0.4 is 5.73 Å². The van der Waals surface area contributed by atoms with Crippen molar-refractivity contribution in [3.63, 3.8) is 0 Å². The number of carbonyl (C=O) groups is 2. The molecule has 4 heteroatoms. The molecular formula is C9H15NO3. The number of allylic oxidation sites excluding steroid dienone is 1. The Balaban J connectivity index is 4.23. The topological polar surface area (TPSA) is 69.4 Å². The second-order valence-electron chi connectivity index (χ2n) is 2.98. The van der Waals surface area contributed by atoms with Crippen LogP contribution >= 0.6 is 0 Å². The van der Waals surface area contributed by atoms with Crippen LogP contribution in [0.25, 0.3) is 0 Å². The van der Waals surface area contributed by atoms with Crippen LogP contribution in [0.3, 0.4) is 0 Å². The maximum atomic E-state index is 11.2. The molecule has 0 aliphatic heterocycles. The fraction of sp³-hybridized carbons (Fsp3) is 0.556. The highest BCUT2D eigenvalue weighted by atomic mass is 16.6. The van der Waals surface area contributed by atoms with Crippen LogP contribution in [0.2, 0.25) is 0 Å². The van der Waals surface area contributed by atoms with E-state index in [4.69, 9.17) is 5.73 Å². The second kappa shape index (κ2) is 4.77. The van der Waals surface area contributed by atoms with Gasteiger partial charge in [0.15, 0.2) is 0 Å². The Hall–Kier alpha value is -1.16. The molecule has 0 aliphatic carbocycles. The van der Waals surface area contributed by atoms with Crippen molar-refractivity contribution in [2.75, 3.05) is 0 Å². The first kappa shape index (κ1) is 11.8. The summed E-state index contributed by atoms with van der Waals surface area (Å²) in [5.74, 6) is -1.38. The van der Waals surface area contributed by atoms with Crippen LogP contribution in [-0.2, 0) is 14.3 Å². The van der Waals surface area contributed by atoms with Crippen molar-refractivity contribution in [3.8, 4) is 0 Å². The lowest BCUT2D eigenvalue weighted by molar-refractivity contribution is -0.160. The summed E-state index contributed by atoms with van der Waals surface area (Å²) in [6.45, 7) is 4.94. The fourth-order valence-corrected chi connectivity index (χ4v) is 0.522. The minimum absolute atomic E-state index is 0.426. The Morgan fingerprint density at radius 3 is 2.46 bits per heavy atom. The molecule has 13 heavy (non-hydrogen) atoms. The van der Waals surface area contributed by atoms with E-state index in [2.05, 4.69) is 4.74 Å². The lowest BCUT2D eigenvalue weighted by atomic mass is 10.0. The molecule has 0 fully saturated rings. The van der Waals surface area contributed by atoms with Crippen LogP contribution in [0.5, 0.6) is 0 Å². The van der Waals surface area contributed by atoms with Gasteiger partial charge in [0, 0.05) is 6.08 Å². The van der Waals surface area contributed by atoms with E-state index in [-0.39, 0.29) is 0 Å². The van der Waals surface area contributed by atoms with Gasteiger partial charge < -0.3 is 10.5 Å². The molecule has 0 saturated carbocycles. The Bertz CT molecular complexity index is 231. The van der Waals surface area contributed by atoms with Crippen molar-refractivity contribution in [1.82, 2.24) is 0 Å². The highest BCUT2D eigenvalue weighted by Gasteiger charge is 2.29. The summed E-state index contributed by atoms with van der Waals surface area (Å²) in [4.78, 5) is 22.0. The Morgan fingerprint density at radius 2 is 2.08 bits per heavy atom. The number of rotatable bonds is 3. The summed E-state index contributed by atoms with van der Waals surface area (Å²) in [6, 6.07) is 0. The third kappa shape index (κ3) is 3.85. The van der Waals surface area contributed by atoms with Gasteiger partial charge in [-0.1, -0.05) is 13.0 Å². The van der Waals surface area contributed by atoms with Gasteiger partial charge in [-0.3, -0.25) is 0 Å². The molecule has 0 aromatic carbocycles. The molecule has 0 aliphatic rings. The quantitative estimate of drug-likeness (QED) is 0.400. The highest BCUT2D eigenvalue weighted by molar-refractivity contribution is 5.95. The standard InChI is InChI=1S/C9H15NO3/c1-4-6-7(11)13-8(12)9(3,10)5-2/h4,6H,5,10H2,1-3H3/b6-4+. The van der Waals surface area contributed by atoms with Crippen LogP contribution in [-0.4, -0.2) is 17.5 Å². The van der Waals surface area contributed by atoms with Gasteiger partial charge in [0.1, 0.15) is 5.54 Å². The maximum absolute atomic E-state index is 11.2. The summed E-state index contributed by atoms with van der Waals surface area (Å²) >= 11 is 0. The largest absolute Gasteiger partial charge is 0.388 e. The lowest BCUT2D eigenvalue weighted by Gasteiger charge is -2.18. The molecule has 0 aromatic rings. The summed E-state index contributed by atoms with van der Waals surface area (Å²) in [5.41, 5.74) is 4.47. The van der Waals surface area contributed by atoms with E-state index in [1.165, 1.54) is 19.1 Å². The molecule has 74 valence electrons. The maximum Gasteiger partial charge on any atom is 0.338 e. The first-order valence-electron chi connectivity index (χ1n) is 4.12. The number of ether oxygens (including phenoxy) is 1. The smallest absolute Gasteiger partial charge is 0.338 e. The summed E-state index contributed by atoms with van der Waals surface area (Å²) in [7, 11) is 0. The van der Waals surface area contributed by atoms with E-state index in [1.54, 1.807) is 13.8 Å². The Kier molecular flexibility index (Phi) is 4.34. The van der Waals surface area contributed by atoms with E-state index in [9.17, 15) is 9.59 Å². The van der Waals surface area contributed by atoms with Crippen molar-refractivity contribution in [2.45, 2.75) is 32.7 Å². The molecule has 0 spiro atoms. The molecule has 2 N–H and O–H groups in total. The molecular weight excluding hydrogens is 170 g/mol. The van der Waals surface area contributed by atoms with Crippen LogP contribution in [0.4, 0.5) is 0 Å². The van der Waals surface area contributed by atoms with Crippen LogP contribution in [0, 0.1) is 0 Å². The Labute approximate surface area is 77.7 Å². The third-order valence-electron chi connectivity index (χ3n) is 1.70. The van der Waals surface area contributed by atoms with Crippen LogP contribution in [0.1, 0.15) is 27.2 Å². The fourth-order valence-electron chi connectivity index (χ4n) is 0.522. The zero-order valence-electron chi connectivity index (χ0n) is 8.16. The highest BCUT2D eigenvalue weighted by Crippen LogP contribution is 2.07. The number of nitrogens with two attached hydrogens (primary N) is 1. The van der Waals surface area contributed by atoms with Crippen LogP contribution in [0.15, 0.2) is 12.2 Å². The predicted octanol–water partition coefficient (Wildman–Crippen LogP) is 0.760. The summed E-state index contributed by atoms with van der Waals surface area (Å²) < 4.78 is 4.46. The summed E-state index contributed by atoms with van der Waals surface area (Å²) in [6.07, 6.45) is 3.09. The molecule has 0 bridgehead atoms. The average molecular weight is 185 g/mol. The van der Waals surface area contributed by atoms with Crippen molar-refractivity contribution >= 4 is 11.9 Å². The molecule has 0 aromatic heterocycles. The van der Waals surface area contributed by atoms with Crippen molar-refractivity contribution in [1.29, 1.82) is 0 Å². The van der Waals surface area contributed by atoms with Gasteiger partial charge in [-0.2, -0.15) is 0 Å². The molecule has 0 rings (SSSR count). The van der Waals surface area contributed by atoms with E-state index < -0.39 is 17.5 Å². The molecule has 1 atom stereocenters. The van der Waals surface area contributed by atoms with Gasteiger partial charge in [0.05, 0.1) is 0 Å². The zero-order valence-corrected chi connectivity index (χ0v) is 8.16. The van der Waals surface area contributed by atoms with Gasteiger partial charge in [0.2, 0.25) is 0 Å². The molecule has 0 radical (unpaired) electrons. The minimum Gasteiger partial charge on any atom is -0.388 e. The van der Waals surface area contributed by atoms with E-state index in [1.807, 2.05) is 0 Å². The number of carbonyl (C=O) groups excluding carboxylic acids is 2. The van der Waals surface area contributed by atoms with E-state index >= 15 is 0 Å². The molecule has 0 heterocycles. The number of esters is 2. The third-order valence-corrected chi connectivity index (χ3v) is 1.70. The SMILES string of the molecule is C/C=C/C(=O)OC(=O)C(C)(N)CC. The van der Waals surface area contributed by atoms with Crippen molar-refractivity contribution in [2.24, 2.45) is 5.73 Å². The van der Waals surface area contributed by atoms with Crippen molar-refractivity contribution < 1.29 is 14.3 Å². The number of hydrogen-bond acceptors (Lipinski definition) is 4. The molecule has 0 amide bonds. The monoisotopic (exact) mass is 185 g/mol. The second-order valence-corrected chi connectivity index (χ2v) is 2.98. The summed E-state index contributed by atoms with van der Waals surface area (Å²) in [5, 5.41) is 0. The van der Waals surface area contributed by atoms with Gasteiger partial charge in [-0.05, 0) is 20.3 Å². The normalized spacial score (nSPS) is 15.4. The lowest BCUT2D eigenvalue weighted by Crippen LogP contribution is -2.46. The first-order chi connectivity index (χ1) is 5.94. The van der Waals surface area contributed by atoms with E-state index in [0.29, 0.717) is 6.42 Å². The molecule has 4 nitrogen and oxygen atoms in total.